The first kappa shape index (κ1) is 74.5. The van der Waals surface area contributed by atoms with Crippen LogP contribution in [0, 0.1) is 5.92 Å². The predicted molar refractivity (Wildman–Crippen MR) is 349 cm³/mol. The summed E-state index contributed by atoms with van der Waals surface area (Å²) < 4.78 is 38.3. The first-order chi connectivity index (χ1) is 47.7. The first-order valence-electron chi connectivity index (χ1n) is 31.6. The Morgan fingerprint density at radius 3 is 1.90 bits per heavy atom. The van der Waals surface area contributed by atoms with Gasteiger partial charge in [0.05, 0.1) is 41.3 Å². The molecule has 0 saturated carbocycles. The summed E-state index contributed by atoms with van der Waals surface area (Å²) >= 11 is 14.1. The average molecular weight is 1450 g/mol. The van der Waals surface area contributed by atoms with E-state index in [4.69, 9.17) is 63.1 Å². The Balaban J connectivity index is 1.24. The second-order valence-corrected chi connectivity index (χ2v) is 26.5. The van der Waals surface area contributed by atoms with Crippen LogP contribution in [0.2, 0.25) is 10.0 Å². The molecule has 0 aromatic heterocycles. The number of carboxylic acid groups (broad SMARTS) is 1. The van der Waals surface area contributed by atoms with Gasteiger partial charge < -0.3 is 128 Å². The molecule has 7 amide bonds. The van der Waals surface area contributed by atoms with Gasteiger partial charge in [0.15, 0.2) is 29.9 Å². The van der Waals surface area contributed by atoms with Gasteiger partial charge in [0, 0.05) is 34.7 Å². The number of amides is 7. The van der Waals surface area contributed by atoms with Crippen LogP contribution in [0.1, 0.15) is 105 Å². The van der Waals surface area contributed by atoms with Gasteiger partial charge in [0.25, 0.3) is 0 Å². The van der Waals surface area contributed by atoms with E-state index in [0.29, 0.717) is 0 Å². The zero-order chi connectivity index (χ0) is 73.5. The molecule has 2 saturated heterocycles. The number of nitrogens with one attached hydrogen (secondary N) is 7. The van der Waals surface area contributed by atoms with Crippen molar-refractivity contribution in [1.29, 1.82) is 0 Å². The maximum atomic E-state index is 16.0. The van der Waals surface area contributed by atoms with Crippen LogP contribution >= 0.6 is 23.2 Å². The number of aliphatic carboxylic acids is 1. The number of carboxylic acids is 1. The number of aliphatic hydroxyl groups excluding tert-OH is 6. The lowest BCUT2D eigenvalue weighted by molar-refractivity contribution is -0.333. The zero-order valence-corrected chi connectivity index (χ0v) is 55.8. The zero-order valence-electron chi connectivity index (χ0n) is 54.3. The molecule has 0 radical (unpaired) electrons. The third-order valence-corrected chi connectivity index (χ3v) is 18.4. The second-order valence-electron chi connectivity index (χ2n) is 25.7. The average Bonchev–Trinajstić information content (AvgIpc) is 0.775. The van der Waals surface area contributed by atoms with Crippen molar-refractivity contribution in [3.05, 3.63) is 117 Å². The molecular formula is C66H75Cl2N9O24. The van der Waals surface area contributed by atoms with Gasteiger partial charge in [-0.05, 0) is 110 Å². The van der Waals surface area contributed by atoms with Crippen LogP contribution in [0.4, 0.5) is 0 Å². The monoisotopic (exact) mass is 1450 g/mol. The quantitative estimate of drug-likeness (QED) is 0.0743. The molecule has 0 aliphatic carbocycles. The summed E-state index contributed by atoms with van der Waals surface area (Å²) in [7, 11) is 1.47. The number of halogens is 2. The number of ether oxygens (including phenoxy) is 6. The summed E-state index contributed by atoms with van der Waals surface area (Å²) in [6, 6.07) is -0.679. The number of fused-ring (bicyclic) bond motifs is 15. The highest BCUT2D eigenvalue weighted by molar-refractivity contribution is 6.32. The van der Waals surface area contributed by atoms with Crippen molar-refractivity contribution in [2.75, 3.05) is 13.7 Å². The minimum absolute atomic E-state index is 0.0975. The normalized spacial score (nSPS) is 29.4. The Bertz CT molecular complexity index is 4070. The molecule has 18 atom stereocenters. The van der Waals surface area contributed by atoms with Gasteiger partial charge in [0.2, 0.25) is 53.4 Å². The summed E-state index contributed by atoms with van der Waals surface area (Å²) in [5, 5.41) is 131. The number of phenolic OH excluding ortho intramolecular Hbond substituents is 3. The highest BCUT2D eigenvalue weighted by Crippen LogP contribution is 2.50. The van der Waals surface area contributed by atoms with Crippen LogP contribution < -0.4 is 62.9 Å². The van der Waals surface area contributed by atoms with E-state index in [-0.39, 0.29) is 46.2 Å². The molecule has 12 rings (SSSR count). The molecule has 7 heterocycles. The number of aliphatic hydroxyl groups is 6. The van der Waals surface area contributed by atoms with Crippen molar-refractivity contribution >= 4 is 70.5 Å². The largest absolute Gasteiger partial charge is 0.508 e. The number of nitrogens with two attached hydrogens (primary N) is 2. The smallest absolute Gasteiger partial charge is 0.330 e. The fraction of sp³-hybridized carbons (Fsp3) is 0.424. The Kier molecular flexibility index (Phi) is 22.2. The summed E-state index contributed by atoms with van der Waals surface area (Å²) in [4.78, 5) is 117. The van der Waals surface area contributed by atoms with Gasteiger partial charge in [-0.3, -0.25) is 33.6 Å². The van der Waals surface area contributed by atoms with Gasteiger partial charge in [-0.15, -0.1) is 0 Å². The van der Waals surface area contributed by atoms with Crippen molar-refractivity contribution in [1.82, 2.24) is 37.2 Å². The van der Waals surface area contributed by atoms with E-state index in [1.165, 1.54) is 33.0 Å². The molecule has 5 aromatic carbocycles. The lowest BCUT2D eigenvalue weighted by atomic mass is 9.86. The molecule has 7 aliphatic heterocycles. The number of phenols is 3. The van der Waals surface area contributed by atoms with Crippen molar-refractivity contribution in [3.8, 4) is 57.1 Å². The third kappa shape index (κ3) is 15.8. The molecule has 33 nitrogen and oxygen atoms in total. The standard InChI is InChI=1S/C66H75Cl2N9O24/c1-23(2)12-34(71-5)58(88)76-49-51(83)26-7-10-38(32(67)14-26)97-40-16-28-17-41(55(40)101-65-56(54(86)53(85)42(22-78)99-65)100-44-21-66(4,70)57(87)24(3)96-44)98-39-11-8-27(15-33(39)68)52(84)50-63(93)75-48(64(94)95)31-18-29(79)19-37(81)45(31)30-13-25(6-9-36(30)80)46(60(90)77-50)74-61(91)47(28)73-59(89)35(20-43(69)82)72-62(49)92/h6-11,13-19,23-24,34-35,42,44,46-54,56-57,65,71,78-81,83-87H,12,20-22,70H2,1-5H3,(H2,69,82)(H,72,92)(H,73,89)(H,74,91)(H,75,93)(H,76,88)(H,77,90)(H,94,95)/t24?,34-,35+,42?,44?,46-,47-,48+,49?,50+,51-,52-,53-,54+,56?,57?,65-,66?/m1/s1. The van der Waals surface area contributed by atoms with Crippen molar-refractivity contribution in [3.63, 3.8) is 0 Å². The predicted octanol–water partition coefficient (Wildman–Crippen LogP) is 0.106. The van der Waals surface area contributed by atoms with Crippen LogP contribution in [0.15, 0.2) is 78.9 Å². The summed E-state index contributed by atoms with van der Waals surface area (Å²) in [6.45, 7) is 5.66. The summed E-state index contributed by atoms with van der Waals surface area (Å²) in [5.74, 6) is -16.0. The molecule has 0 spiro atoms. The van der Waals surface area contributed by atoms with E-state index >= 15 is 14.4 Å². The minimum atomic E-state index is -2.35. The SMILES string of the molecule is CN[C@H](CC(C)C)C(=O)NC1C(=O)N[C@@H](CC(N)=O)C(=O)N[C@H]2C(=O)N[C@H]3C(=O)N[C@H](C(=O)N[C@H](C(=O)O)c4cc(O)cc(O)c4-c4cc3ccc4O)[C@H](O)c3ccc(c(Cl)c3)Oc3cc2cc(c3O[C@H]2OC(CO)[C@@H](O)[C@H](O)C2OC2CC(C)(N)C(O)C(C)O2)Oc2ccc(cc2Cl)[C@H]1O. The third-order valence-electron chi connectivity index (χ3n) is 17.8. The van der Waals surface area contributed by atoms with Crippen molar-refractivity contribution < 1.29 is 118 Å². The Morgan fingerprint density at radius 2 is 1.32 bits per heavy atom. The number of benzene rings is 5. The minimum Gasteiger partial charge on any atom is -0.508 e. The highest BCUT2D eigenvalue weighted by atomic mass is 35.5. The lowest BCUT2D eigenvalue weighted by Gasteiger charge is -2.47. The van der Waals surface area contributed by atoms with E-state index in [0.717, 1.165) is 66.7 Å². The van der Waals surface area contributed by atoms with Crippen LogP contribution in [0.3, 0.4) is 0 Å². The van der Waals surface area contributed by atoms with Gasteiger partial charge >= 0.3 is 5.97 Å². The number of carbonyl (C=O) groups is 8. The maximum Gasteiger partial charge on any atom is 0.330 e. The van der Waals surface area contributed by atoms with Crippen molar-refractivity contribution in [2.45, 2.75) is 156 Å². The van der Waals surface area contributed by atoms with Crippen LogP contribution in [-0.2, 0) is 52.6 Å². The van der Waals surface area contributed by atoms with E-state index in [9.17, 15) is 75.0 Å². The van der Waals surface area contributed by atoms with Crippen LogP contribution in [-0.4, -0.2) is 191 Å². The van der Waals surface area contributed by atoms with E-state index in [2.05, 4.69) is 37.2 Å². The first-order valence-corrected chi connectivity index (χ1v) is 32.4. The molecule has 11 bridgehead atoms. The summed E-state index contributed by atoms with van der Waals surface area (Å²) in [5.41, 5.74) is 8.00. The molecule has 21 N–H and O–H groups in total. The molecule has 2 fully saturated rings. The van der Waals surface area contributed by atoms with Crippen LogP contribution in [0.25, 0.3) is 11.1 Å². The molecular weight excluding hydrogens is 1370 g/mol. The summed E-state index contributed by atoms with van der Waals surface area (Å²) in [6.07, 6.45) is -18.6. The lowest BCUT2D eigenvalue weighted by Crippen LogP contribution is -2.64. The second kappa shape index (κ2) is 30.2. The molecule has 101 heavy (non-hydrogen) atoms. The molecule has 7 aliphatic rings. The number of primary amides is 1. The van der Waals surface area contributed by atoms with Crippen molar-refractivity contribution in [2.24, 2.45) is 17.4 Å². The van der Waals surface area contributed by atoms with Crippen LogP contribution in [0.5, 0.6) is 46.0 Å². The molecule has 7 unspecified atom stereocenters. The Labute approximate surface area is 584 Å². The molecule has 542 valence electrons. The van der Waals surface area contributed by atoms with E-state index in [1.54, 1.807) is 0 Å². The molecule has 5 aromatic rings. The Morgan fingerprint density at radius 1 is 0.713 bits per heavy atom. The topological polar surface area (TPSA) is 530 Å². The number of hydrogen-bond acceptors (Lipinski definition) is 25. The van der Waals surface area contributed by atoms with Gasteiger partial charge in [-0.25, -0.2) is 4.79 Å². The fourth-order valence-corrected chi connectivity index (χ4v) is 12.9. The van der Waals surface area contributed by atoms with Gasteiger partial charge in [0.1, 0.15) is 89.5 Å². The number of carbonyl (C=O) groups excluding carboxylic acids is 7. The number of aromatic hydroxyl groups is 3. The van der Waals surface area contributed by atoms with E-state index < -0.39 is 237 Å². The fourth-order valence-electron chi connectivity index (χ4n) is 12.5. The Hall–Kier alpha value is -9.20. The maximum absolute atomic E-state index is 16.0. The number of likely N-dealkylation sites (N-methyl/N-ethyl adjacent to an activating group) is 1. The van der Waals surface area contributed by atoms with E-state index in [1.807, 2.05) is 13.8 Å². The number of hydrogen-bond donors (Lipinski definition) is 19. The molecule has 35 heteroatoms. The highest BCUT2D eigenvalue weighted by Gasteiger charge is 2.51. The van der Waals surface area contributed by atoms with Gasteiger partial charge in [-0.2, -0.15) is 0 Å². The van der Waals surface area contributed by atoms with Gasteiger partial charge in [-0.1, -0.05) is 55.2 Å². The number of rotatable bonds is 13.